The van der Waals surface area contributed by atoms with E-state index in [0.29, 0.717) is 5.41 Å². The molecule has 1 heteroatoms. The van der Waals surface area contributed by atoms with E-state index in [1.165, 1.54) is 5.56 Å². The third kappa shape index (κ3) is 6.04. The van der Waals surface area contributed by atoms with Crippen molar-refractivity contribution in [3.05, 3.63) is 42.3 Å². The first-order valence-corrected chi connectivity index (χ1v) is 4.38. The molecule has 0 saturated carbocycles. The molecule has 0 aliphatic heterocycles. The van der Waals surface area contributed by atoms with Crippen molar-refractivity contribution in [2.75, 3.05) is 0 Å². The molecule has 0 saturated heterocycles. The molecule has 0 unspecified atom stereocenters. The Morgan fingerprint density at radius 3 is 2.46 bits per heavy atom. The van der Waals surface area contributed by atoms with E-state index in [9.17, 15) is 0 Å². The van der Waals surface area contributed by atoms with E-state index in [1.54, 1.807) is 0 Å². The predicted octanol–water partition coefficient (Wildman–Crippen LogP) is 3.28. The standard InChI is InChI=1S/C12H16.W/c1-12(2,3)10-9-11-7-5-4-6-8-11;/h4-7,10H,9H2,1-3H3;/q-2;+2. The number of hydrogen-bond donors (Lipinski definition) is 0. The molecule has 0 aromatic heterocycles. The molecule has 0 aliphatic rings. The normalized spacial score (nSPS) is 10.7. The van der Waals surface area contributed by atoms with Crippen LogP contribution < -0.4 is 0 Å². The minimum Gasteiger partial charge on any atom is -0.321 e. The molecule has 0 bridgehead atoms. The molecule has 13 heavy (non-hydrogen) atoms. The monoisotopic (exact) mass is 344 g/mol. The van der Waals surface area contributed by atoms with Gasteiger partial charge in [0.1, 0.15) is 0 Å². The fourth-order valence-corrected chi connectivity index (χ4v) is 0.974. The van der Waals surface area contributed by atoms with Gasteiger partial charge in [-0.1, -0.05) is 20.8 Å². The summed E-state index contributed by atoms with van der Waals surface area (Å²) in [4.78, 5) is 0. The second-order valence-electron chi connectivity index (χ2n) is 4.16. The summed E-state index contributed by atoms with van der Waals surface area (Å²) in [5.74, 6) is 0. The molecule has 0 spiro atoms. The smallest absolute Gasteiger partial charge is 0.321 e. The van der Waals surface area contributed by atoms with Crippen molar-refractivity contribution >= 4 is 0 Å². The summed E-state index contributed by atoms with van der Waals surface area (Å²) in [7, 11) is 0. The minimum atomic E-state index is 0. The van der Waals surface area contributed by atoms with Crippen LogP contribution in [0.25, 0.3) is 0 Å². The molecule has 0 heterocycles. The summed E-state index contributed by atoms with van der Waals surface area (Å²) < 4.78 is 0. The van der Waals surface area contributed by atoms with Crippen LogP contribution in [0.2, 0.25) is 0 Å². The summed E-state index contributed by atoms with van der Waals surface area (Å²) in [6.07, 6.45) is 3.34. The van der Waals surface area contributed by atoms with Crippen molar-refractivity contribution in [2.45, 2.75) is 27.2 Å². The average molecular weight is 344 g/mol. The fourth-order valence-electron chi connectivity index (χ4n) is 0.974. The molecule has 0 nitrogen and oxygen atoms in total. The van der Waals surface area contributed by atoms with Gasteiger partial charge in [-0.2, -0.15) is 47.7 Å². The zero-order valence-corrected chi connectivity index (χ0v) is 11.4. The summed E-state index contributed by atoms with van der Waals surface area (Å²) in [5.41, 5.74) is 1.58. The molecule has 70 valence electrons. The number of hydrogen-bond acceptors (Lipinski definition) is 0. The van der Waals surface area contributed by atoms with Crippen LogP contribution in [0.5, 0.6) is 0 Å². The van der Waals surface area contributed by atoms with Gasteiger partial charge in [0.15, 0.2) is 0 Å². The first kappa shape index (κ1) is 12.9. The van der Waals surface area contributed by atoms with Crippen LogP contribution in [-0.4, -0.2) is 0 Å². The van der Waals surface area contributed by atoms with E-state index < -0.39 is 0 Å². The maximum atomic E-state index is 3.21. The Morgan fingerprint density at radius 1 is 1.31 bits per heavy atom. The largest absolute Gasteiger partial charge is 2.00 e. The third-order valence-electron chi connectivity index (χ3n) is 1.71. The van der Waals surface area contributed by atoms with Gasteiger partial charge in [-0.3, -0.25) is 0 Å². The molecule has 1 aromatic carbocycles. The molecule has 0 aliphatic carbocycles. The second-order valence-corrected chi connectivity index (χ2v) is 4.16. The SMILES string of the molecule is CC(C)(C)[CH-]Cc1[c-]cccc1.[W+2]. The van der Waals surface area contributed by atoms with Gasteiger partial charge >= 0.3 is 21.1 Å². The molecule has 1 rings (SSSR count). The van der Waals surface area contributed by atoms with Crippen LogP contribution in [-0.2, 0) is 27.5 Å². The quantitative estimate of drug-likeness (QED) is 0.723. The van der Waals surface area contributed by atoms with Gasteiger partial charge in [-0.25, -0.2) is 0 Å². The molecular formula is C12H16W. The van der Waals surface area contributed by atoms with Gasteiger partial charge in [-0.15, -0.1) is 0 Å². The minimum absolute atomic E-state index is 0. The summed E-state index contributed by atoms with van der Waals surface area (Å²) in [6.45, 7) is 6.65. The first-order chi connectivity index (χ1) is 5.58. The molecule has 0 amide bonds. The molecule has 0 radical (unpaired) electrons. The third-order valence-corrected chi connectivity index (χ3v) is 1.71. The van der Waals surface area contributed by atoms with E-state index in [-0.39, 0.29) is 21.1 Å². The molecule has 0 atom stereocenters. The summed E-state index contributed by atoms with van der Waals surface area (Å²) in [5, 5.41) is 0. The van der Waals surface area contributed by atoms with Gasteiger partial charge in [0.2, 0.25) is 0 Å². The van der Waals surface area contributed by atoms with Crippen LogP contribution in [0.4, 0.5) is 0 Å². The zero-order chi connectivity index (χ0) is 9.03. The fraction of sp³-hybridized carbons (Fsp3) is 0.417. The Morgan fingerprint density at radius 2 is 2.00 bits per heavy atom. The van der Waals surface area contributed by atoms with Crippen molar-refractivity contribution < 1.29 is 21.1 Å². The molecule has 0 fully saturated rings. The molecule has 0 N–H and O–H groups in total. The van der Waals surface area contributed by atoms with Gasteiger partial charge in [0, 0.05) is 0 Å². The Bertz CT molecular complexity index is 221. The van der Waals surface area contributed by atoms with Crippen molar-refractivity contribution in [2.24, 2.45) is 5.41 Å². The van der Waals surface area contributed by atoms with Crippen LogP contribution in [0.3, 0.4) is 0 Å². The first-order valence-electron chi connectivity index (χ1n) is 4.38. The van der Waals surface area contributed by atoms with Gasteiger partial charge in [0.05, 0.1) is 0 Å². The van der Waals surface area contributed by atoms with Gasteiger partial charge in [0.25, 0.3) is 0 Å². The van der Waals surface area contributed by atoms with Crippen LogP contribution in [0.1, 0.15) is 26.3 Å². The number of benzene rings is 1. The van der Waals surface area contributed by atoms with Crippen LogP contribution in [0, 0.1) is 17.9 Å². The maximum Gasteiger partial charge on any atom is 2.00 e. The van der Waals surface area contributed by atoms with Crippen molar-refractivity contribution in [1.82, 2.24) is 0 Å². The molecular weight excluding hydrogens is 328 g/mol. The Hall–Kier alpha value is -0.0917. The maximum absolute atomic E-state index is 3.21. The van der Waals surface area contributed by atoms with Crippen molar-refractivity contribution in [1.29, 1.82) is 0 Å². The van der Waals surface area contributed by atoms with E-state index >= 15 is 0 Å². The Balaban J connectivity index is 0.00000144. The van der Waals surface area contributed by atoms with E-state index in [1.807, 2.05) is 12.1 Å². The predicted molar refractivity (Wildman–Crippen MR) is 52.7 cm³/mol. The summed E-state index contributed by atoms with van der Waals surface area (Å²) >= 11 is 0. The topological polar surface area (TPSA) is 0 Å². The van der Waals surface area contributed by atoms with Crippen LogP contribution in [0.15, 0.2) is 24.3 Å². The average Bonchev–Trinajstić information content (AvgIpc) is 2.02. The van der Waals surface area contributed by atoms with Crippen LogP contribution >= 0.6 is 0 Å². The van der Waals surface area contributed by atoms with Gasteiger partial charge < -0.3 is 6.42 Å². The van der Waals surface area contributed by atoms with Crippen molar-refractivity contribution in [3.8, 4) is 0 Å². The Labute approximate surface area is 96.0 Å². The van der Waals surface area contributed by atoms with E-state index in [0.717, 1.165) is 6.42 Å². The van der Waals surface area contributed by atoms with Gasteiger partial charge in [-0.05, 0) is 0 Å². The second kappa shape index (κ2) is 5.60. The van der Waals surface area contributed by atoms with E-state index in [4.69, 9.17) is 0 Å². The van der Waals surface area contributed by atoms with E-state index in [2.05, 4.69) is 45.4 Å². The number of rotatable bonds is 2. The molecule has 1 aromatic rings. The summed E-state index contributed by atoms with van der Waals surface area (Å²) in [6, 6.07) is 11.3. The van der Waals surface area contributed by atoms with Crippen molar-refractivity contribution in [3.63, 3.8) is 0 Å². The zero-order valence-electron chi connectivity index (χ0n) is 8.50. The Kier molecular flexibility index (Phi) is 5.56.